The number of furan rings is 1. The molecule has 7 heteroatoms. The molecule has 0 bridgehead atoms. The van der Waals surface area contributed by atoms with Gasteiger partial charge in [-0.1, -0.05) is 17.3 Å². The maximum absolute atomic E-state index is 12.3. The third-order valence-corrected chi connectivity index (χ3v) is 2.94. The number of halogens is 1. The summed E-state index contributed by atoms with van der Waals surface area (Å²) in [6, 6.07) is 9.74. The fourth-order valence-electron chi connectivity index (χ4n) is 1.74. The second kappa shape index (κ2) is 5.66. The summed E-state index contributed by atoms with van der Waals surface area (Å²) in [5.74, 6) is -0.375. The lowest BCUT2D eigenvalue weighted by Crippen LogP contribution is -2.28. The van der Waals surface area contributed by atoms with Crippen LogP contribution in [0.3, 0.4) is 0 Å². The standard InChI is InChI=1S/C13H12ClN3O3/c1-17(13(18)10-6-7-11(14)20-10)9-5-3-2-4-8(9)12(15)16-19/h2-7,19H,1H3,(H2,15,16). The Bertz CT molecular complexity index is 666. The van der Waals surface area contributed by atoms with Crippen molar-refractivity contribution in [3.63, 3.8) is 0 Å². The summed E-state index contributed by atoms with van der Waals surface area (Å²) in [7, 11) is 1.56. The summed E-state index contributed by atoms with van der Waals surface area (Å²) in [4.78, 5) is 13.6. The number of carbonyl (C=O) groups is 1. The molecule has 0 fully saturated rings. The van der Waals surface area contributed by atoms with E-state index in [0.29, 0.717) is 11.3 Å². The zero-order chi connectivity index (χ0) is 14.7. The Labute approximate surface area is 120 Å². The average molecular weight is 294 g/mol. The first-order valence-corrected chi connectivity index (χ1v) is 6.02. The number of carbonyl (C=O) groups excluding carboxylic acids is 1. The predicted octanol–water partition coefficient (Wildman–Crippen LogP) is 2.30. The van der Waals surface area contributed by atoms with Crippen LogP contribution in [0.1, 0.15) is 16.1 Å². The Morgan fingerprint density at radius 1 is 1.35 bits per heavy atom. The maximum atomic E-state index is 12.3. The number of amides is 1. The summed E-state index contributed by atoms with van der Waals surface area (Å²) < 4.78 is 5.08. The van der Waals surface area contributed by atoms with Crippen molar-refractivity contribution in [1.82, 2.24) is 0 Å². The summed E-state index contributed by atoms with van der Waals surface area (Å²) in [5.41, 5.74) is 6.51. The Hall–Kier alpha value is -2.47. The summed E-state index contributed by atoms with van der Waals surface area (Å²) >= 11 is 5.65. The van der Waals surface area contributed by atoms with Crippen LogP contribution < -0.4 is 10.6 Å². The van der Waals surface area contributed by atoms with E-state index in [9.17, 15) is 4.79 Å². The largest absolute Gasteiger partial charge is 0.440 e. The van der Waals surface area contributed by atoms with E-state index in [2.05, 4.69) is 5.16 Å². The minimum absolute atomic E-state index is 0.0854. The molecule has 0 spiro atoms. The second-order valence-corrected chi connectivity index (χ2v) is 4.34. The third-order valence-electron chi connectivity index (χ3n) is 2.74. The third kappa shape index (κ3) is 2.60. The van der Waals surface area contributed by atoms with Crippen molar-refractivity contribution in [2.45, 2.75) is 0 Å². The molecular formula is C13H12ClN3O3. The van der Waals surface area contributed by atoms with Gasteiger partial charge < -0.3 is 20.3 Å². The normalized spacial score (nSPS) is 11.4. The molecule has 1 heterocycles. The van der Waals surface area contributed by atoms with Crippen molar-refractivity contribution in [3.8, 4) is 0 Å². The summed E-state index contributed by atoms with van der Waals surface area (Å²) in [6.45, 7) is 0. The molecule has 0 saturated heterocycles. The van der Waals surface area contributed by atoms with Crippen LogP contribution in [0.5, 0.6) is 0 Å². The van der Waals surface area contributed by atoms with E-state index >= 15 is 0 Å². The van der Waals surface area contributed by atoms with Gasteiger partial charge in [0.25, 0.3) is 5.91 Å². The molecule has 0 aliphatic heterocycles. The number of hydrogen-bond acceptors (Lipinski definition) is 4. The van der Waals surface area contributed by atoms with Crippen LogP contribution in [-0.4, -0.2) is 24.0 Å². The number of oxime groups is 1. The Morgan fingerprint density at radius 3 is 2.65 bits per heavy atom. The minimum atomic E-state index is -0.393. The van der Waals surface area contributed by atoms with Gasteiger partial charge in [-0.25, -0.2) is 0 Å². The molecule has 0 saturated carbocycles. The smallest absolute Gasteiger partial charge is 0.293 e. The van der Waals surface area contributed by atoms with Gasteiger partial charge in [0.15, 0.2) is 16.8 Å². The van der Waals surface area contributed by atoms with Gasteiger partial charge in [-0.2, -0.15) is 0 Å². The molecule has 0 aliphatic rings. The highest BCUT2D eigenvalue weighted by Crippen LogP contribution is 2.22. The first-order chi connectivity index (χ1) is 9.54. The molecule has 0 radical (unpaired) electrons. The van der Waals surface area contributed by atoms with E-state index in [-0.39, 0.29) is 16.8 Å². The number of nitrogens with two attached hydrogens (primary N) is 1. The van der Waals surface area contributed by atoms with Gasteiger partial charge in [0.05, 0.1) is 5.69 Å². The Morgan fingerprint density at radius 2 is 2.05 bits per heavy atom. The summed E-state index contributed by atoms with van der Waals surface area (Å²) in [5, 5.41) is 11.9. The molecule has 0 unspecified atom stereocenters. The molecular weight excluding hydrogens is 282 g/mol. The summed E-state index contributed by atoms with van der Waals surface area (Å²) in [6.07, 6.45) is 0. The molecule has 2 aromatic rings. The van der Waals surface area contributed by atoms with E-state index in [1.807, 2.05) is 0 Å². The highest BCUT2D eigenvalue weighted by Gasteiger charge is 2.20. The zero-order valence-electron chi connectivity index (χ0n) is 10.6. The van der Waals surface area contributed by atoms with Gasteiger partial charge in [-0.15, -0.1) is 0 Å². The highest BCUT2D eigenvalue weighted by molar-refractivity contribution is 6.29. The number of benzene rings is 1. The predicted molar refractivity (Wildman–Crippen MR) is 75.4 cm³/mol. The number of hydrogen-bond donors (Lipinski definition) is 2. The molecule has 1 aromatic heterocycles. The van der Waals surface area contributed by atoms with Crippen molar-refractivity contribution in [1.29, 1.82) is 0 Å². The quantitative estimate of drug-likeness (QED) is 0.393. The Balaban J connectivity index is 2.39. The molecule has 3 N–H and O–H groups in total. The average Bonchev–Trinajstić information content (AvgIpc) is 2.91. The van der Waals surface area contributed by atoms with E-state index in [1.54, 1.807) is 31.3 Å². The number of rotatable bonds is 3. The molecule has 1 aromatic carbocycles. The highest BCUT2D eigenvalue weighted by atomic mass is 35.5. The van der Waals surface area contributed by atoms with Crippen LogP contribution in [0.25, 0.3) is 0 Å². The van der Waals surface area contributed by atoms with Crippen LogP contribution in [0.15, 0.2) is 46.0 Å². The molecule has 0 aliphatic carbocycles. The van der Waals surface area contributed by atoms with Crippen LogP contribution >= 0.6 is 11.6 Å². The van der Waals surface area contributed by atoms with Crippen molar-refractivity contribution in [2.24, 2.45) is 10.9 Å². The fourth-order valence-corrected chi connectivity index (χ4v) is 1.89. The van der Waals surface area contributed by atoms with Crippen LogP contribution in [-0.2, 0) is 0 Å². The lowest BCUT2D eigenvalue weighted by Gasteiger charge is -2.19. The number of amidine groups is 1. The van der Waals surface area contributed by atoms with Crippen molar-refractivity contribution in [3.05, 3.63) is 52.9 Å². The molecule has 0 atom stereocenters. The zero-order valence-corrected chi connectivity index (χ0v) is 11.3. The number of anilines is 1. The lowest BCUT2D eigenvalue weighted by atomic mass is 10.1. The van der Waals surface area contributed by atoms with Crippen molar-refractivity contribution < 1.29 is 14.4 Å². The SMILES string of the molecule is CN(C(=O)c1ccc(Cl)o1)c1ccccc1/C(N)=N/O. The van der Waals surface area contributed by atoms with E-state index in [0.717, 1.165) is 0 Å². The first-order valence-electron chi connectivity index (χ1n) is 5.65. The van der Waals surface area contributed by atoms with Gasteiger partial charge >= 0.3 is 0 Å². The van der Waals surface area contributed by atoms with Gasteiger partial charge in [-0.3, -0.25) is 4.79 Å². The van der Waals surface area contributed by atoms with E-state index in [1.165, 1.54) is 17.0 Å². The molecule has 20 heavy (non-hydrogen) atoms. The van der Waals surface area contributed by atoms with E-state index < -0.39 is 5.91 Å². The second-order valence-electron chi connectivity index (χ2n) is 3.97. The minimum Gasteiger partial charge on any atom is -0.440 e. The van der Waals surface area contributed by atoms with Crippen LogP contribution in [0, 0.1) is 0 Å². The topological polar surface area (TPSA) is 92.1 Å². The fraction of sp³-hybridized carbons (Fsp3) is 0.0769. The van der Waals surface area contributed by atoms with Crippen molar-refractivity contribution >= 4 is 29.0 Å². The molecule has 2 rings (SSSR count). The number of para-hydroxylation sites is 1. The lowest BCUT2D eigenvalue weighted by molar-refractivity contribution is 0.0966. The first kappa shape index (κ1) is 14.0. The molecule has 104 valence electrons. The van der Waals surface area contributed by atoms with Gasteiger partial charge in [0, 0.05) is 12.6 Å². The van der Waals surface area contributed by atoms with Gasteiger partial charge in [0.2, 0.25) is 0 Å². The maximum Gasteiger partial charge on any atom is 0.293 e. The van der Waals surface area contributed by atoms with Gasteiger partial charge in [-0.05, 0) is 35.9 Å². The monoisotopic (exact) mass is 293 g/mol. The van der Waals surface area contributed by atoms with Crippen LogP contribution in [0.4, 0.5) is 5.69 Å². The number of nitrogens with zero attached hydrogens (tertiary/aromatic N) is 2. The van der Waals surface area contributed by atoms with Gasteiger partial charge in [0.1, 0.15) is 0 Å². The Kier molecular flexibility index (Phi) is 3.95. The van der Waals surface area contributed by atoms with E-state index in [4.69, 9.17) is 27.0 Å². The molecule has 6 nitrogen and oxygen atoms in total. The molecule has 1 amide bonds. The van der Waals surface area contributed by atoms with Crippen molar-refractivity contribution in [2.75, 3.05) is 11.9 Å². The van der Waals surface area contributed by atoms with Crippen LogP contribution in [0.2, 0.25) is 5.22 Å².